The summed E-state index contributed by atoms with van der Waals surface area (Å²) in [7, 11) is -2.86. The first-order valence-electron chi connectivity index (χ1n) is 9.46. The van der Waals surface area contributed by atoms with Crippen molar-refractivity contribution in [3.8, 4) is 0 Å². The summed E-state index contributed by atoms with van der Waals surface area (Å²) in [6.07, 6.45) is 4.99. The zero-order chi connectivity index (χ0) is 18.3. The fraction of sp³-hybridized carbons (Fsp3) is 0.722. The minimum Gasteiger partial charge on any atom is -0.295 e. The van der Waals surface area contributed by atoms with Crippen LogP contribution in [0, 0.1) is 12.8 Å². The highest BCUT2D eigenvalue weighted by Crippen LogP contribution is 2.38. The Labute approximate surface area is 159 Å². The molecule has 1 saturated heterocycles. The maximum atomic E-state index is 11.7. The number of thiazole rings is 1. The average molecular weight is 395 g/mol. The van der Waals surface area contributed by atoms with Gasteiger partial charge in [-0.3, -0.25) is 4.90 Å². The van der Waals surface area contributed by atoms with E-state index < -0.39 is 9.84 Å². The van der Waals surface area contributed by atoms with Gasteiger partial charge in [-0.25, -0.2) is 23.4 Å². The molecule has 0 spiro atoms. The van der Waals surface area contributed by atoms with Gasteiger partial charge in [0.15, 0.2) is 9.84 Å². The minimum atomic E-state index is -2.86. The van der Waals surface area contributed by atoms with Crippen molar-refractivity contribution in [3.05, 3.63) is 16.5 Å². The van der Waals surface area contributed by atoms with Crippen LogP contribution in [-0.2, 0) is 16.4 Å². The molecule has 0 amide bonds. The van der Waals surface area contributed by atoms with Crippen LogP contribution in [0.25, 0.3) is 10.3 Å². The summed E-state index contributed by atoms with van der Waals surface area (Å²) >= 11 is 1.72. The van der Waals surface area contributed by atoms with Crippen LogP contribution in [0.1, 0.15) is 55.1 Å². The molecular weight excluding hydrogens is 368 g/mol. The number of hydrogen-bond donors (Lipinski definition) is 0. The van der Waals surface area contributed by atoms with Crippen LogP contribution in [-0.4, -0.2) is 52.9 Å². The van der Waals surface area contributed by atoms with Gasteiger partial charge in [0.05, 0.1) is 22.2 Å². The summed E-state index contributed by atoms with van der Waals surface area (Å²) in [5.41, 5.74) is 1.86. The first kappa shape index (κ1) is 18.3. The van der Waals surface area contributed by atoms with E-state index in [-0.39, 0.29) is 11.5 Å². The number of aryl methyl sites for hydroxylation is 1. The normalized spacial score (nSPS) is 27.0. The van der Waals surface area contributed by atoms with Crippen molar-refractivity contribution in [3.63, 3.8) is 0 Å². The van der Waals surface area contributed by atoms with E-state index in [9.17, 15) is 8.42 Å². The van der Waals surface area contributed by atoms with Gasteiger partial charge in [0.25, 0.3) is 0 Å². The highest BCUT2D eigenvalue weighted by Gasteiger charge is 2.26. The van der Waals surface area contributed by atoms with Gasteiger partial charge in [-0.15, -0.1) is 0 Å². The second-order valence-electron chi connectivity index (χ2n) is 7.81. The Morgan fingerprint density at radius 3 is 2.46 bits per heavy atom. The van der Waals surface area contributed by atoms with Gasteiger partial charge in [0.1, 0.15) is 16.2 Å². The maximum Gasteiger partial charge on any atom is 0.152 e. The number of hydrogen-bond acceptors (Lipinski definition) is 7. The smallest absolute Gasteiger partial charge is 0.152 e. The van der Waals surface area contributed by atoms with Gasteiger partial charge < -0.3 is 0 Å². The van der Waals surface area contributed by atoms with E-state index in [0.29, 0.717) is 25.6 Å². The summed E-state index contributed by atoms with van der Waals surface area (Å²) < 4.78 is 23.3. The van der Waals surface area contributed by atoms with Crippen molar-refractivity contribution >= 4 is 31.5 Å². The molecule has 4 rings (SSSR count). The molecule has 1 saturated carbocycles. The molecule has 26 heavy (non-hydrogen) atoms. The van der Waals surface area contributed by atoms with Crippen molar-refractivity contribution in [1.82, 2.24) is 19.9 Å². The fourth-order valence-electron chi connectivity index (χ4n) is 3.92. The lowest BCUT2D eigenvalue weighted by Crippen LogP contribution is -2.39. The summed E-state index contributed by atoms with van der Waals surface area (Å²) in [5.74, 6) is 2.63. The molecule has 0 radical (unpaired) electrons. The third-order valence-corrected chi connectivity index (χ3v) is 8.36. The van der Waals surface area contributed by atoms with E-state index in [1.54, 1.807) is 11.3 Å². The molecular formula is C18H26N4O2S2. The third kappa shape index (κ3) is 3.92. The van der Waals surface area contributed by atoms with Crippen molar-refractivity contribution in [2.24, 2.45) is 5.92 Å². The Bertz CT molecular complexity index is 887. The van der Waals surface area contributed by atoms with Crippen LogP contribution in [0.15, 0.2) is 0 Å². The molecule has 2 aromatic heterocycles. The number of sulfone groups is 1. The van der Waals surface area contributed by atoms with Gasteiger partial charge in [0, 0.05) is 25.6 Å². The molecule has 6 nitrogen and oxygen atoms in total. The number of aromatic nitrogens is 3. The molecule has 1 aliphatic heterocycles. The van der Waals surface area contributed by atoms with Gasteiger partial charge in [-0.05, 0) is 25.7 Å². The molecule has 8 heteroatoms. The number of nitrogens with zero attached hydrogens (tertiary/aromatic N) is 4. The third-order valence-electron chi connectivity index (χ3n) is 5.63. The van der Waals surface area contributed by atoms with Gasteiger partial charge in [0.2, 0.25) is 0 Å². The first-order chi connectivity index (χ1) is 12.4. The molecule has 2 aromatic rings. The highest BCUT2D eigenvalue weighted by molar-refractivity contribution is 7.91. The van der Waals surface area contributed by atoms with E-state index >= 15 is 0 Å². The molecule has 0 bridgehead atoms. The standard InChI is InChI=1S/C18H26N4O2S2/c1-12-3-5-14(6-4-12)17-21-16-15(19-13(2)20-18(16)25-17)11-22-7-9-26(23,24)10-8-22/h12,14H,3-11H2,1-2H3. The predicted octanol–water partition coefficient (Wildman–Crippen LogP) is 2.92. The quantitative estimate of drug-likeness (QED) is 0.797. The lowest BCUT2D eigenvalue weighted by Gasteiger charge is -2.26. The predicted molar refractivity (Wildman–Crippen MR) is 104 cm³/mol. The minimum absolute atomic E-state index is 0.239. The second kappa shape index (κ2) is 7.13. The number of fused-ring (bicyclic) bond motifs is 1. The van der Waals surface area contributed by atoms with Crippen molar-refractivity contribution in [2.45, 2.75) is 52.0 Å². The van der Waals surface area contributed by atoms with Crippen LogP contribution in [0.2, 0.25) is 0 Å². The lowest BCUT2D eigenvalue weighted by molar-refractivity contribution is 0.285. The van der Waals surface area contributed by atoms with E-state index in [0.717, 1.165) is 27.8 Å². The summed E-state index contributed by atoms with van der Waals surface area (Å²) in [4.78, 5) is 17.4. The van der Waals surface area contributed by atoms with Crippen LogP contribution >= 0.6 is 11.3 Å². The van der Waals surface area contributed by atoms with Gasteiger partial charge in [-0.2, -0.15) is 0 Å². The molecule has 0 unspecified atom stereocenters. The van der Waals surface area contributed by atoms with Gasteiger partial charge in [-0.1, -0.05) is 31.1 Å². The molecule has 0 aromatic carbocycles. The molecule has 142 valence electrons. The van der Waals surface area contributed by atoms with Crippen LogP contribution in [0.3, 0.4) is 0 Å². The molecule has 2 fully saturated rings. The molecule has 2 aliphatic rings. The number of rotatable bonds is 3. The summed E-state index contributed by atoms with van der Waals surface area (Å²) in [5, 5.41) is 1.20. The average Bonchev–Trinajstić information content (AvgIpc) is 3.01. The van der Waals surface area contributed by atoms with Crippen molar-refractivity contribution in [2.75, 3.05) is 24.6 Å². The van der Waals surface area contributed by atoms with E-state index in [4.69, 9.17) is 4.98 Å². The zero-order valence-corrected chi connectivity index (χ0v) is 17.1. The Hall–Kier alpha value is -1.12. The monoisotopic (exact) mass is 394 g/mol. The SMILES string of the molecule is Cc1nc(CN2CCS(=O)(=O)CC2)c2nc(C3CCC(C)CC3)sc2n1. The Balaban J connectivity index is 1.58. The fourth-order valence-corrected chi connectivity index (χ4v) is 6.38. The van der Waals surface area contributed by atoms with E-state index in [1.807, 2.05) is 6.92 Å². The molecule has 3 heterocycles. The lowest BCUT2D eigenvalue weighted by atomic mass is 9.83. The first-order valence-corrected chi connectivity index (χ1v) is 12.1. The van der Waals surface area contributed by atoms with Crippen LogP contribution in [0.4, 0.5) is 0 Å². The summed E-state index contributed by atoms with van der Waals surface area (Å²) in [6, 6.07) is 0. The molecule has 0 N–H and O–H groups in total. The maximum absolute atomic E-state index is 11.7. The Morgan fingerprint density at radius 1 is 1.08 bits per heavy atom. The van der Waals surface area contributed by atoms with E-state index in [1.165, 1.54) is 30.7 Å². The van der Waals surface area contributed by atoms with Crippen molar-refractivity contribution < 1.29 is 8.42 Å². The van der Waals surface area contributed by atoms with Gasteiger partial charge >= 0.3 is 0 Å². The topological polar surface area (TPSA) is 76.1 Å². The molecule has 1 aliphatic carbocycles. The largest absolute Gasteiger partial charge is 0.295 e. The van der Waals surface area contributed by atoms with Crippen LogP contribution in [0.5, 0.6) is 0 Å². The Morgan fingerprint density at radius 2 is 1.77 bits per heavy atom. The van der Waals surface area contributed by atoms with Crippen LogP contribution < -0.4 is 0 Å². The van der Waals surface area contributed by atoms with Crippen molar-refractivity contribution in [1.29, 1.82) is 0 Å². The second-order valence-corrected chi connectivity index (χ2v) is 11.1. The van der Waals surface area contributed by atoms with E-state index in [2.05, 4.69) is 21.8 Å². The zero-order valence-electron chi connectivity index (χ0n) is 15.4. The Kier molecular flexibility index (Phi) is 5.00. The highest BCUT2D eigenvalue weighted by atomic mass is 32.2. The molecule has 0 atom stereocenters. The summed E-state index contributed by atoms with van der Waals surface area (Å²) in [6.45, 7) is 6.06.